The van der Waals surface area contributed by atoms with Crippen LogP contribution in [-0.4, -0.2) is 27.6 Å². The van der Waals surface area contributed by atoms with Crippen LogP contribution in [0.5, 0.6) is 5.75 Å². The van der Waals surface area contributed by atoms with Crippen molar-refractivity contribution in [3.63, 3.8) is 0 Å². The van der Waals surface area contributed by atoms with Gasteiger partial charge >= 0.3 is 5.97 Å². The smallest absolute Gasteiger partial charge is 0.337 e. The fourth-order valence-corrected chi connectivity index (χ4v) is 2.27. The third-order valence-electron chi connectivity index (χ3n) is 3.35. The summed E-state index contributed by atoms with van der Waals surface area (Å²) in [4.78, 5) is 15.4. The lowest BCUT2D eigenvalue weighted by Crippen LogP contribution is -2.02. The van der Waals surface area contributed by atoms with Crippen LogP contribution < -0.4 is 4.74 Å². The minimum atomic E-state index is -0.946. The van der Waals surface area contributed by atoms with E-state index in [1.807, 2.05) is 28.7 Å². The van der Waals surface area contributed by atoms with Gasteiger partial charge in [0, 0.05) is 12.6 Å². The number of aromatic carboxylic acids is 1. The zero-order chi connectivity index (χ0) is 14.8. The van der Waals surface area contributed by atoms with Gasteiger partial charge in [-0.25, -0.2) is 9.78 Å². The number of hydrogen-bond donors (Lipinski definition) is 1. The molecular weight excluding hydrogens is 268 g/mol. The SMILES string of the molecule is COc1cccc(Cc2ncc3ccc(C(=O)O)cn23)c1. The zero-order valence-corrected chi connectivity index (χ0v) is 11.5. The molecule has 0 saturated carbocycles. The molecule has 3 aromatic rings. The van der Waals surface area contributed by atoms with Gasteiger partial charge in [0.05, 0.1) is 24.4 Å². The predicted molar refractivity (Wildman–Crippen MR) is 78.0 cm³/mol. The van der Waals surface area contributed by atoms with Gasteiger partial charge in [0.25, 0.3) is 0 Å². The van der Waals surface area contributed by atoms with Gasteiger partial charge in [0.15, 0.2) is 0 Å². The van der Waals surface area contributed by atoms with Crippen LogP contribution in [0, 0.1) is 0 Å². The molecule has 5 heteroatoms. The Kier molecular flexibility index (Phi) is 3.31. The Bertz CT molecular complexity index is 808. The van der Waals surface area contributed by atoms with Crippen molar-refractivity contribution in [3.8, 4) is 5.75 Å². The lowest BCUT2D eigenvalue weighted by atomic mass is 10.1. The highest BCUT2D eigenvalue weighted by atomic mass is 16.5. The number of pyridine rings is 1. The van der Waals surface area contributed by atoms with Gasteiger partial charge in [0.1, 0.15) is 11.6 Å². The molecule has 5 nitrogen and oxygen atoms in total. The van der Waals surface area contributed by atoms with Crippen molar-refractivity contribution in [2.75, 3.05) is 7.11 Å². The van der Waals surface area contributed by atoms with E-state index in [4.69, 9.17) is 9.84 Å². The van der Waals surface area contributed by atoms with Crippen LogP contribution in [0.3, 0.4) is 0 Å². The summed E-state index contributed by atoms with van der Waals surface area (Å²) in [6.45, 7) is 0. The van der Waals surface area contributed by atoms with Gasteiger partial charge in [-0.05, 0) is 29.8 Å². The second-order valence-corrected chi connectivity index (χ2v) is 4.72. The van der Waals surface area contributed by atoms with E-state index in [2.05, 4.69) is 4.98 Å². The first-order chi connectivity index (χ1) is 10.2. The molecule has 0 atom stereocenters. The van der Waals surface area contributed by atoms with Crippen LogP contribution in [0.1, 0.15) is 21.7 Å². The molecule has 2 heterocycles. The monoisotopic (exact) mass is 282 g/mol. The number of aromatic nitrogens is 2. The molecule has 0 bridgehead atoms. The lowest BCUT2D eigenvalue weighted by molar-refractivity contribution is 0.0696. The number of benzene rings is 1. The first-order valence-electron chi connectivity index (χ1n) is 6.49. The average Bonchev–Trinajstić information content (AvgIpc) is 2.90. The van der Waals surface area contributed by atoms with Crippen LogP contribution in [-0.2, 0) is 6.42 Å². The summed E-state index contributed by atoms with van der Waals surface area (Å²) in [5.74, 6) is 0.638. The van der Waals surface area contributed by atoms with Crippen molar-refractivity contribution in [1.29, 1.82) is 0 Å². The van der Waals surface area contributed by atoms with E-state index in [-0.39, 0.29) is 5.56 Å². The number of fused-ring (bicyclic) bond motifs is 1. The Morgan fingerprint density at radius 3 is 2.95 bits per heavy atom. The largest absolute Gasteiger partial charge is 0.497 e. The molecule has 0 aliphatic heterocycles. The van der Waals surface area contributed by atoms with E-state index in [0.717, 1.165) is 22.7 Å². The maximum atomic E-state index is 11.1. The highest BCUT2D eigenvalue weighted by molar-refractivity contribution is 5.87. The number of hydrogen-bond acceptors (Lipinski definition) is 3. The first-order valence-corrected chi connectivity index (χ1v) is 6.49. The van der Waals surface area contributed by atoms with Crippen LogP contribution in [0.25, 0.3) is 5.52 Å². The summed E-state index contributed by atoms with van der Waals surface area (Å²) < 4.78 is 7.02. The van der Waals surface area contributed by atoms with Gasteiger partial charge in [-0.15, -0.1) is 0 Å². The quantitative estimate of drug-likeness (QED) is 0.799. The van der Waals surface area contributed by atoms with Crippen molar-refractivity contribution in [2.45, 2.75) is 6.42 Å². The Labute approximate surface area is 121 Å². The number of rotatable bonds is 4. The molecule has 1 aromatic carbocycles. The summed E-state index contributed by atoms with van der Waals surface area (Å²) in [6.07, 6.45) is 3.94. The molecule has 0 fully saturated rings. The Hall–Kier alpha value is -2.82. The number of methoxy groups -OCH3 is 1. The molecule has 0 amide bonds. The van der Waals surface area contributed by atoms with Gasteiger partial charge in [-0.1, -0.05) is 12.1 Å². The van der Waals surface area contributed by atoms with Crippen molar-refractivity contribution >= 4 is 11.5 Å². The molecule has 0 saturated heterocycles. The van der Waals surface area contributed by atoms with Crippen LogP contribution in [0.4, 0.5) is 0 Å². The van der Waals surface area contributed by atoms with E-state index in [1.165, 1.54) is 0 Å². The third kappa shape index (κ3) is 2.58. The topological polar surface area (TPSA) is 63.8 Å². The van der Waals surface area contributed by atoms with Crippen molar-refractivity contribution in [2.24, 2.45) is 0 Å². The maximum Gasteiger partial charge on any atom is 0.337 e. The first kappa shape index (κ1) is 13.2. The molecule has 3 rings (SSSR count). The van der Waals surface area contributed by atoms with E-state index in [9.17, 15) is 4.79 Å². The molecule has 21 heavy (non-hydrogen) atoms. The summed E-state index contributed by atoms with van der Waals surface area (Å²) in [5.41, 5.74) is 2.17. The third-order valence-corrected chi connectivity index (χ3v) is 3.35. The fourth-order valence-electron chi connectivity index (χ4n) is 2.27. The second kappa shape index (κ2) is 5.28. The average molecular weight is 282 g/mol. The van der Waals surface area contributed by atoms with Crippen LogP contribution in [0.2, 0.25) is 0 Å². The number of nitrogens with zero attached hydrogens (tertiary/aromatic N) is 2. The molecule has 106 valence electrons. The minimum absolute atomic E-state index is 0.243. The second-order valence-electron chi connectivity index (χ2n) is 4.72. The molecule has 0 aliphatic rings. The molecule has 2 aromatic heterocycles. The van der Waals surface area contributed by atoms with E-state index in [1.54, 1.807) is 31.6 Å². The number of carboxylic acids is 1. The van der Waals surface area contributed by atoms with Crippen molar-refractivity contribution < 1.29 is 14.6 Å². The van der Waals surface area contributed by atoms with Gasteiger partial charge in [-0.2, -0.15) is 0 Å². The summed E-state index contributed by atoms with van der Waals surface area (Å²) >= 11 is 0. The number of imidazole rings is 1. The molecule has 0 unspecified atom stereocenters. The van der Waals surface area contributed by atoms with Gasteiger partial charge in [-0.3, -0.25) is 0 Å². The zero-order valence-electron chi connectivity index (χ0n) is 11.5. The Balaban J connectivity index is 1.99. The van der Waals surface area contributed by atoms with E-state index < -0.39 is 5.97 Å². The number of ether oxygens (including phenoxy) is 1. The molecule has 0 spiro atoms. The number of carboxylic acid groups (broad SMARTS) is 1. The summed E-state index contributed by atoms with van der Waals surface area (Å²) in [6, 6.07) is 11.1. The van der Waals surface area contributed by atoms with Crippen LogP contribution >= 0.6 is 0 Å². The molecule has 0 aliphatic carbocycles. The highest BCUT2D eigenvalue weighted by Crippen LogP contribution is 2.17. The normalized spacial score (nSPS) is 10.7. The Morgan fingerprint density at radius 1 is 1.33 bits per heavy atom. The Morgan fingerprint density at radius 2 is 2.19 bits per heavy atom. The van der Waals surface area contributed by atoms with E-state index >= 15 is 0 Å². The summed E-state index contributed by atoms with van der Waals surface area (Å²) in [5, 5.41) is 9.08. The van der Waals surface area contributed by atoms with Crippen LogP contribution in [0.15, 0.2) is 48.8 Å². The maximum absolute atomic E-state index is 11.1. The standard InChI is InChI=1S/C16H14N2O3/c1-21-14-4-2-3-11(7-14)8-15-17-9-13-6-5-12(16(19)20)10-18(13)15/h2-7,9-10H,8H2,1H3,(H,19,20). The van der Waals surface area contributed by atoms with Gasteiger partial charge in [0.2, 0.25) is 0 Å². The van der Waals surface area contributed by atoms with Gasteiger partial charge < -0.3 is 14.2 Å². The molecular formula is C16H14N2O3. The van der Waals surface area contributed by atoms with Crippen molar-refractivity contribution in [1.82, 2.24) is 9.38 Å². The fraction of sp³-hybridized carbons (Fsp3) is 0.125. The lowest BCUT2D eigenvalue weighted by Gasteiger charge is -2.05. The van der Waals surface area contributed by atoms with Crippen molar-refractivity contribution in [3.05, 3.63) is 65.7 Å². The predicted octanol–water partition coefficient (Wildman–Crippen LogP) is 2.63. The highest BCUT2D eigenvalue weighted by Gasteiger charge is 2.09. The van der Waals surface area contributed by atoms with E-state index in [0.29, 0.717) is 6.42 Å². The minimum Gasteiger partial charge on any atom is -0.497 e. The molecule has 1 N–H and O–H groups in total. The number of carbonyl (C=O) groups is 1. The summed E-state index contributed by atoms with van der Waals surface area (Å²) in [7, 11) is 1.63. The molecule has 0 radical (unpaired) electrons.